The lowest BCUT2D eigenvalue weighted by atomic mass is 10.1. The molecule has 1 atom stereocenters. The van der Waals surface area contributed by atoms with Crippen LogP contribution in [-0.4, -0.2) is 39.9 Å². The minimum Gasteiger partial charge on any atom is -0.444 e. The number of ether oxygens (including phenoxy) is 1. The van der Waals surface area contributed by atoms with Crippen LogP contribution in [0.2, 0.25) is 0 Å². The summed E-state index contributed by atoms with van der Waals surface area (Å²) in [6.45, 7) is 6.20. The summed E-state index contributed by atoms with van der Waals surface area (Å²) in [4.78, 5) is 13.6. The van der Waals surface area contributed by atoms with Gasteiger partial charge >= 0.3 is 6.09 Å². The van der Waals surface area contributed by atoms with Gasteiger partial charge in [0, 0.05) is 6.54 Å². The second-order valence-electron chi connectivity index (χ2n) is 5.54. The first-order chi connectivity index (χ1) is 6.85. The Hall–Kier alpha value is -0.770. The maximum absolute atomic E-state index is 11.9. The van der Waals surface area contributed by atoms with Gasteiger partial charge in [0.25, 0.3) is 0 Å². The average Bonchev–Trinajstić information content (AvgIpc) is 2.75. The summed E-state index contributed by atoms with van der Waals surface area (Å²) in [5.74, 6) is 0. The molecule has 1 heterocycles. The van der Waals surface area contributed by atoms with E-state index >= 15 is 0 Å². The molecular formula is C11H19NO3. The molecule has 1 saturated carbocycles. The zero-order chi connectivity index (χ0) is 11.3. The smallest absolute Gasteiger partial charge is 0.410 e. The van der Waals surface area contributed by atoms with E-state index in [1.165, 1.54) is 0 Å². The van der Waals surface area contributed by atoms with E-state index < -0.39 is 5.60 Å². The van der Waals surface area contributed by atoms with Crippen molar-refractivity contribution in [3.05, 3.63) is 0 Å². The summed E-state index contributed by atoms with van der Waals surface area (Å²) >= 11 is 0. The molecule has 2 aliphatic rings. The molecule has 2 fully saturated rings. The van der Waals surface area contributed by atoms with Gasteiger partial charge in [-0.05, 0) is 40.0 Å². The molecule has 1 spiro atoms. The summed E-state index contributed by atoms with van der Waals surface area (Å²) in [5, 5.41) is 9.79. The number of nitrogens with zero attached hydrogens (tertiary/aromatic N) is 1. The van der Waals surface area contributed by atoms with Crippen LogP contribution in [0.15, 0.2) is 0 Å². The zero-order valence-electron chi connectivity index (χ0n) is 9.62. The molecule has 4 heteroatoms. The van der Waals surface area contributed by atoms with Crippen LogP contribution in [0.3, 0.4) is 0 Å². The quantitative estimate of drug-likeness (QED) is 0.663. The average molecular weight is 213 g/mol. The van der Waals surface area contributed by atoms with Gasteiger partial charge in [0.15, 0.2) is 0 Å². The van der Waals surface area contributed by atoms with Gasteiger partial charge in [-0.25, -0.2) is 4.79 Å². The van der Waals surface area contributed by atoms with E-state index in [-0.39, 0.29) is 17.7 Å². The van der Waals surface area contributed by atoms with E-state index in [4.69, 9.17) is 4.74 Å². The molecule has 1 saturated heterocycles. The topological polar surface area (TPSA) is 49.8 Å². The highest BCUT2D eigenvalue weighted by molar-refractivity contribution is 5.70. The van der Waals surface area contributed by atoms with Crippen molar-refractivity contribution in [2.75, 3.05) is 6.54 Å². The Bertz CT molecular complexity index is 278. The van der Waals surface area contributed by atoms with Crippen molar-refractivity contribution >= 4 is 6.09 Å². The van der Waals surface area contributed by atoms with Crippen molar-refractivity contribution in [1.29, 1.82) is 0 Å². The number of aliphatic hydroxyl groups is 1. The van der Waals surface area contributed by atoms with Crippen molar-refractivity contribution in [3.8, 4) is 0 Å². The number of carbonyl (C=O) groups is 1. The standard InChI is InChI=1S/C11H19NO3/c1-10(2,3)15-9(14)12-7-4-8(13)11(12)5-6-11/h8,13H,4-7H2,1-3H3. The molecule has 1 aliphatic heterocycles. The van der Waals surface area contributed by atoms with Gasteiger partial charge in [0.05, 0.1) is 11.6 Å². The molecule has 0 radical (unpaired) electrons. The van der Waals surface area contributed by atoms with Crippen LogP contribution in [0.5, 0.6) is 0 Å². The predicted octanol–water partition coefficient (Wildman–Crippen LogP) is 1.52. The lowest BCUT2D eigenvalue weighted by Crippen LogP contribution is -2.44. The Morgan fingerprint density at radius 1 is 1.47 bits per heavy atom. The molecule has 86 valence electrons. The van der Waals surface area contributed by atoms with Gasteiger partial charge < -0.3 is 9.84 Å². The number of aliphatic hydroxyl groups excluding tert-OH is 1. The third-order valence-corrected chi connectivity index (χ3v) is 3.16. The number of likely N-dealkylation sites (tertiary alicyclic amines) is 1. The van der Waals surface area contributed by atoms with Crippen LogP contribution in [0.25, 0.3) is 0 Å². The third kappa shape index (κ3) is 1.83. The van der Waals surface area contributed by atoms with Gasteiger partial charge in [-0.3, -0.25) is 4.90 Å². The highest BCUT2D eigenvalue weighted by Crippen LogP contribution is 2.49. The normalized spacial score (nSPS) is 28.3. The zero-order valence-corrected chi connectivity index (χ0v) is 9.62. The summed E-state index contributed by atoms with van der Waals surface area (Å²) in [6, 6.07) is 0. The molecule has 2 rings (SSSR count). The summed E-state index contributed by atoms with van der Waals surface area (Å²) < 4.78 is 5.32. The minimum absolute atomic E-state index is 0.275. The van der Waals surface area contributed by atoms with Gasteiger partial charge in [-0.2, -0.15) is 0 Å². The number of hydrogen-bond donors (Lipinski definition) is 1. The maximum atomic E-state index is 11.9. The van der Waals surface area contributed by atoms with Crippen LogP contribution < -0.4 is 0 Å². The Kier molecular flexibility index (Phi) is 2.23. The fourth-order valence-electron chi connectivity index (χ4n) is 2.24. The first-order valence-electron chi connectivity index (χ1n) is 5.54. The van der Waals surface area contributed by atoms with E-state index in [0.29, 0.717) is 13.0 Å². The molecule has 1 aliphatic carbocycles. The second kappa shape index (κ2) is 3.11. The van der Waals surface area contributed by atoms with Crippen LogP contribution in [-0.2, 0) is 4.74 Å². The molecular weight excluding hydrogens is 194 g/mol. The summed E-state index contributed by atoms with van der Waals surface area (Å²) in [5.41, 5.74) is -0.733. The van der Waals surface area contributed by atoms with E-state index in [1.54, 1.807) is 4.90 Å². The predicted molar refractivity (Wildman–Crippen MR) is 55.5 cm³/mol. The number of amides is 1. The molecule has 1 N–H and O–H groups in total. The van der Waals surface area contributed by atoms with Crippen LogP contribution in [0.4, 0.5) is 4.79 Å². The van der Waals surface area contributed by atoms with Crippen LogP contribution in [0.1, 0.15) is 40.0 Å². The second-order valence-corrected chi connectivity index (χ2v) is 5.54. The van der Waals surface area contributed by atoms with Crippen LogP contribution >= 0.6 is 0 Å². The van der Waals surface area contributed by atoms with E-state index in [1.807, 2.05) is 20.8 Å². The van der Waals surface area contributed by atoms with Gasteiger partial charge in [-0.1, -0.05) is 0 Å². The number of carbonyl (C=O) groups excluding carboxylic acids is 1. The SMILES string of the molecule is CC(C)(C)OC(=O)N1CCC(O)C12CC2. The molecule has 0 aromatic rings. The van der Waals surface area contributed by atoms with Gasteiger partial charge in [0.1, 0.15) is 5.60 Å². The molecule has 1 amide bonds. The molecule has 1 unspecified atom stereocenters. The highest BCUT2D eigenvalue weighted by Gasteiger charge is 2.59. The van der Waals surface area contributed by atoms with Crippen molar-refractivity contribution in [2.24, 2.45) is 0 Å². The lowest BCUT2D eigenvalue weighted by molar-refractivity contribution is 0.0112. The molecule has 0 aromatic carbocycles. The van der Waals surface area contributed by atoms with E-state index in [0.717, 1.165) is 12.8 Å². The first kappa shape index (κ1) is 10.7. The fourth-order valence-corrected chi connectivity index (χ4v) is 2.24. The number of hydrogen-bond acceptors (Lipinski definition) is 3. The lowest BCUT2D eigenvalue weighted by Gasteiger charge is -2.29. The Labute approximate surface area is 90.2 Å². The highest BCUT2D eigenvalue weighted by atomic mass is 16.6. The Morgan fingerprint density at radius 3 is 2.53 bits per heavy atom. The van der Waals surface area contributed by atoms with Gasteiger partial charge in [-0.15, -0.1) is 0 Å². The molecule has 15 heavy (non-hydrogen) atoms. The summed E-state index contributed by atoms with van der Waals surface area (Å²) in [7, 11) is 0. The molecule has 0 bridgehead atoms. The Balaban J connectivity index is 2.03. The van der Waals surface area contributed by atoms with Crippen LogP contribution in [0, 0.1) is 0 Å². The Morgan fingerprint density at radius 2 is 2.07 bits per heavy atom. The number of rotatable bonds is 0. The third-order valence-electron chi connectivity index (χ3n) is 3.16. The molecule has 0 aromatic heterocycles. The maximum Gasteiger partial charge on any atom is 0.410 e. The van der Waals surface area contributed by atoms with Crippen molar-refractivity contribution in [1.82, 2.24) is 4.90 Å². The first-order valence-corrected chi connectivity index (χ1v) is 5.54. The fraction of sp³-hybridized carbons (Fsp3) is 0.909. The monoisotopic (exact) mass is 213 g/mol. The largest absolute Gasteiger partial charge is 0.444 e. The van der Waals surface area contributed by atoms with Crippen molar-refractivity contribution < 1.29 is 14.6 Å². The summed E-state index contributed by atoms with van der Waals surface area (Å²) in [6.07, 6.45) is 1.86. The van der Waals surface area contributed by atoms with E-state index in [2.05, 4.69) is 0 Å². The minimum atomic E-state index is -0.458. The van der Waals surface area contributed by atoms with Gasteiger partial charge in [0.2, 0.25) is 0 Å². The van der Waals surface area contributed by atoms with Crippen molar-refractivity contribution in [3.63, 3.8) is 0 Å². The molecule has 4 nitrogen and oxygen atoms in total. The van der Waals surface area contributed by atoms with Crippen molar-refractivity contribution in [2.45, 2.75) is 57.3 Å². The van der Waals surface area contributed by atoms with E-state index in [9.17, 15) is 9.90 Å².